The van der Waals surface area contributed by atoms with Gasteiger partial charge in [-0.2, -0.15) is 13.2 Å². The van der Waals surface area contributed by atoms with Gasteiger partial charge in [0.2, 0.25) is 0 Å². The van der Waals surface area contributed by atoms with Gasteiger partial charge in [-0.3, -0.25) is 0 Å². The van der Waals surface area contributed by atoms with E-state index in [1.54, 1.807) is 0 Å². The molecule has 29 heavy (non-hydrogen) atoms. The molecule has 5 heteroatoms. The highest BCUT2D eigenvalue weighted by Gasteiger charge is 2.65. The number of aliphatic hydroxyl groups excluding tert-OH is 1. The zero-order valence-corrected chi connectivity index (χ0v) is 18.4. The molecule has 0 aliphatic heterocycles. The summed E-state index contributed by atoms with van der Waals surface area (Å²) in [5.74, 6) is 2.53. The summed E-state index contributed by atoms with van der Waals surface area (Å²) in [6.07, 6.45) is 1.85. The average Bonchev–Trinajstić information content (AvgIpc) is 2.98. The van der Waals surface area contributed by atoms with Crippen LogP contribution in [0.1, 0.15) is 85.5 Å². The van der Waals surface area contributed by atoms with Gasteiger partial charge in [-0.15, -0.1) is 0 Å². The molecule has 0 spiro atoms. The van der Waals surface area contributed by atoms with Crippen LogP contribution >= 0.6 is 0 Å². The maximum Gasteiger partial charge on any atom is 0.417 e. The molecule has 0 aromatic carbocycles. The molecule has 4 aliphatic rings. The van der Waals surface area contributed by atoms with E-state index >= 15 is 0 Å². The highest BCUT2D eigenvalue weighted by Crippen LogP contribution is 2.69. The first-order chi connectivity index (χ1) is 13.3. The summed E-state index contributed by atoms with van der Waals surface area (Å²) >= 11 is 0. The van der Waals surface area contributed by atoms with Crippen molar-refractivity contribution in [1.29, 1.82) is 0 Å². The number of rotatable bonds is 2. The summed E-state index contributed by atoms with van der Waals surface area (Å²) in [5.41, 5.74) is -2.31. The van der Waals surface area contributed by atoms with Crippen molar-refractivity contribution >= 4 is 0 Å². The normalized spacial score (nSPS) is 52.2. The zero-order chi connectivity index (χ0) is 21.4. The second kappa shape index (κ2) is 6.85. The first-order valence-electron chi connectivity index (χ1n) is 11.8. The van der Waals surface area contributed by atoms with Crippen LogP contribution < -0.4 is 0 Å². The first kappa shape index (κ1) is 21.9. The van der Waals surface area contributed by atoms with Crippen molar-refractivity contribution in [1.82, 2.24) is 0 Å². The molecule has 168 valence electrons. The Morgan fingerprint density at radius 1 is 0.862 bits per heavy atom. The van der Waals surface area contributed by atoms with E-state index in [2.05, 4.69) is 20.8 Å². The molecule has 0 bridgehead atoms. The van der Waals surface area contributed by atoms with Crippen molar-refractivity contribution in [2.75, 3.05) is 0 Å². The SMILES string of the molecule is C[C@@H]([C@H]1CC[C@H]2[C@@H]3CC[C@@H]4C[C@@](O)(C(F)(F)F)CC[C@]4(C)[C@H]3CC[C@]12C)[C@@H](C)O. The van der Waals surface area contributed by atoms with E-state index in [9.17, 15) is 23.4 Å². The van der Waals surface area contributed by atoms with Gasteiger partial charge in [0, 0.05) is 0 Å². The van der Waals surface area contributed by atoms with Crippen molar-refractivity contribution in [3.63, 3.8) is 0 Å². The molecular formula is C24H39F3O2. The van der Waals surface area contributed by atoms with E-state index in [4.69, 9.17) is 0 Å². The molecule has 0 amide bonds. The maximum absolute atomic E-state index is 13.5. The molecule has 2 N–H and O–H groups in total. The van der Waals surface area contributed by atoms with E-state index in [0.717, 1.165) is 25.7 Å². The van der Waals surface area contributed by atoms with Crippen molar-refractivity contribution < 1.29 is 23.4 Å². The number of halogens is 3. The van der Waals surface area contributed by atoms with Crippen molar-refractivity contribution in [2.24, 2.45) is 46.3 Å². The summed E-state index contributed by atoms with van der Waals surface area (Å²) in [6.45, 7) is 8.76. The lowest BCUT2D eigenvalue weighted by molar-refractivity contribution is -0.290. The van der Waals surface area contributed by atoms with Crippen LogP contribution in [0.15, 0.2) is 0 Å². The summed E-state index contributed by atoms with van der Waals surface area (Å²) in [5, 5.41) is 20.6. The Hall–Kier alpha value is -0.290. The fourth-order valence-electron chi connectivity index (χ4n) is 8.74. The van der Waals surface area contributed by atoms with Gasteiger partial charge in [-0.1, -0.05) is 20.8 Å². The molecule has 0 unspecified atom stereocenters. The minimum absolute atomic E-state index is 0.0259. The third-order valence-electron chi connectivity index (χ3n) is 10.7. The van der Waals surface area contributed by atoms with Crippen LogP contribution in [0.5, 0.6) is 0 Å². The summed E-state index contributed by atoms with van der Waals surface area (Å²) in [6, 6.07) is 0. The van der Waals surface area contributed by atoms with Crippen LogP contribution in [0.3, 0.4) is 0 Å². The Morgan fingerprint density at radius 3 is 2.14 bits per heavy atom. The molecule has 0 heterocycles. The standard InChI is InChI=1S/C24H39F3O2/c1-14(15(2)28)18-7-8-19-17-6-5-16-13-23(29,24(25,26)27)12-11-21(16,3)20(17)9-10-22(18,19)4/h14-20,28-29H,5-13H2,1-4H3/t14-,15-,16-,17+,18-,19+,20+,21+,22-,23-/m1/s1. The van der Waals surface area contributed by atoms with Gasteiger partial charge in [0.15, 0.2) is 5.60 Å². The van der Waals surface area contributed by atoms with Crippen molar-refractivity contribution in [3.8, 4) is 0 Å². The zero-order valence-electron chi connectivity index (χ0n) is 18.4. The minimum atomic E-state index is -4.52. The van der Waals surface area contributed by atoms with Gasteiger partial charge in [0.05, 0.1) is 6.10 Å². The van der Waals surface area contributed by atoms with Gasteiger partial charge in [-0.25, -0.2) is 0 Å². The Bertz CT molecular complexity index is 634. The molecule has 4 fully saturated rings. The molecule has 4 rings (SSSR count). The van der Waals surface area contributed by atoms with Crippen LogP contribution in [-0.2, 0) is 0 Å². The monoisotopic (exact) mass is 416 g/mol. The molecule has 4 aliphatic carbocycles. The van der Waals surface area contributed by atoms with Gasteiger partial charge in [0.25, 0.3) is 0 Å². The molecule has 4 saturated carbocycles. The lowest BCUT2D eigenvalue weighted by atomic mass is 9.43. The summed E-state index contributed by atoms with van der Waals surface area (Å²) < 4.78 is 40.4. The summed E-state index contributed by atoms with van der Waals surface area (Å²) in [4.78, 5) is 0. The van der Waals surface area contributed by atoms with Gasteiger partial charge in [0.1, 0.15) is 0 Å². The van der Waals surface area contributed by atoms with E-state index in [1.807, 2.05) is 6.92 Å². The average molecular weight is 417 g/mol. The lowest BCUT2D eigenvalue weighted by Crippen LogP contribution is -2.59. The van der Waals surface area contributed by atoms with Crippen LogP contribution in [0.2, 0.25) is 0 Å². The number of aliphatic hydroxyl groups is 2. The Morgan fingerprint density at radius 2 is 1.52 bits per heavy atom. The molecule has 2 nitrogen and oxygen atoms in total. The molecular weight excluding hydrogens is 377 g/mol. The molecule has 10 atom stereocenters. The predicted molar refractivity (Wildman–Crippen MR) is 107 cm³/mol. The van der Waals surface area contributed by atoms with E-state index < -0.39 is 11.8 Å². The highest BCUT2D eigenvalue weighted by molar-refractivity contribution is 5.11. The van der Waals surface area contributed by atoms with Gasteiger partial charge >= 0.3 is 6.18 Å². The number of alkyl halides is 3. The lowest BCUT2D eigenvalue weighted by Gasteiger charge is -2.62. The number of fused-ring (bicyclic) bond motifs is 5. The number of hydrogen-bond acceptors (Lipinski definition) is 2. The smallest absolute Gasteiger partial charge is 0.393 e. The van der Waals surface area contributed by atoms with Gasteiger partial charge in [-0.05, 0) is 111 Å². The second-order valence-electron chi connectivity index (χ2n) is 11.7. The van der Waals surface area contributed by atoms with Crippen LogP contribution in [0.4, 0.5) is 13.2 Å². The maximum atomic E-state index is 13.5. The fraction of sp³-hybridized carbons (Fsp3) is 1.00. The first-order valence-corrected chi connectivity index (χ1v) is 11.8. The van der Waals surface area contributed by atoms with Crippen LogP contribution in [0.25, 0.3) is 0 Å². The highest BCUT2D eigenvalue weighted by atomic mass is 19.4. The van der Waals surface area contributed by atoms with Crippen molar-refractivity contribution in [2.45, 2.75) is 103 Å². The van der Waals surface area contributed by atoms with Gasteiger partial charge < -0.3 is 10.2 Å². The molecule has 0 aromatic rings. The largest absolute Gasteiger partial charge is 0.417 e. The topological polar surface area (TPSA) is 40.5 Å². The minimum Gasteiger partial charge on any atom is -0.393 e. The molecule has 0 saturated heterocycles. The third kappa shape index (κ3) is 3.11. The van der Waals surface area contributed by atoms with Crippen molar-refractivity contribution in [3.05, 3.63) is 0 Å². The quantitative estimate of drug-likeness (QED) is 0.583. The Balaban J connectivity index is 1.56. The Kier molecular flexibility index (Phi) is 5.18. The predicted octanol–water partition coefficient (Wildman–Crippen LogP) is 5.96. The fourth-order valence-corrected chi connectivity index (χ4v) is 8.74. The van der Waals surface area contributed by atoms with E-state index in [-0.39, 0.29) is 35.7 Å². The van der Waals surface area contributed by atoms with Crippen LogP contribution in [0, 0.1) is 46.3 Å². The molecule has 0 radical (unpaired) electrons. The molecule has 0 aromatic heterocycles. The number of hydrogen-bond donors (Lipinski definition) is 2. The van der Waals surface area contributed by atoms with E-state index in [0.29, 0.717) is 36.0 Å². The third-order valence-corrected chi connectivity index (χ3v) is 10.7. The Labute approximate surface area is 173 Å². The van der Waals surface area contributed by atoms with E-state index in [1.165, 1.54) is 12.8 Å². The summed E-state index contributed by atoms with van der Waals surface area (Å²) in [7, 11) is 0. The second-order valence-corrected chi connectivity index (χ2v) is 11.7. The van der Waals surface area contributed by atoms with Crippen LogP contribution in [-0.4, -0.2) is 28.1 Å².